The maximum atomic E-state index is 11.6. The fourth-order valence-electron chi connectivity index (χ4n) is 1.23. The Kier molecular flexibility index (Phi) is 9.84. The Hall–Kier alpha value is -0.640. The maximum absolute atomic E-state index is 11.6. The van der Waals surface area contributed by atoms with Crippen LogP contribution in [0.5, 0.6) is 0 Å². The fraction of sp³-hybridized carbons (Fsp3) is 0.769. The Labute approximate surface area is 117 Å². The molecule has 0 aromatic heterocycles. The second-order valence-electron chi connectivity index (χ2n) is 5.36. The average molecular weight is 292 g/mol. The van der Waals surface area contributed by atoms with Crippen LogP contribution in [-0.2, 0) is 18.6 Å². The van der Waals surface area contributed by atoms with Crippen molar-refractivity contribution in [3.05, 3.63) is 12.2 Å². The maximum Gasteiger partial charge on any atom is 0.330 e. The smallest absolute Gasteiger partial charge is 0.330 e. The summed E-state index contributed by atoms with van der Waals surface area (Å²) >= 11 is 0. The number of carbonyl (C=O) groups is 1. The summed E-state index contributed by atoms with van der Waals surface area (Å²) in [6.07, 6.45) is 5.06. The van der Waals surface area contributed by atoms with Gasteiger partial charge in [-0.1, -0.05) is 6.08 Å². The molecular weight excluding hydrogens is 265 g/mol. The van der Waals surface area contributed by atoms with Crippen molar-refractivity contribution in [3.8, 4) is 0 Å². The van der Waals surface area contributed by atoms with Crippen LogP contribution in [0.2, 0.25) is 0 Å². The van der Waals surface area contributed by atoms with Crippen molar-refractivity contribution in [2.24, 2.45) is 0 Å². The van der Waals surface area contributed by atoms with E-state index in [4.69, 9.17) is 9.26 Å². The SMILES string of the molecule is CC=CC(=O)OCCCC[PH](=O)OCC[N+](C)(C)C. The van der Waals surface area contributed by atoms with Gasteiger partial charge >= 0.3 is 5.97 Å². The van der Waals surface area contributed by atoms with Gasteiger partial charge in [-0.3, -0.25) is 4.57 Å². The summed E-state index contributed by atoms with van der Waals surface area (Å²) in [7, 11) is 4.27. The standard InChI is InChI=1S/C13H27NO4P/c1-5-8-13(15)17-10-6-7-12-19(16)18-11-9-14(2,3)4/h5,8,19H,6-7,9-12H2,1-4H3/q+1. The third-order valence-electron chi connectivity index (χ3n) is 2.35. The van der Waals surface area contributed by atoms with Gasteiger partial charge in [-0.05, 0) is 19.8 Å². The van der Waals surface area contributed by atoms with E-state index in [0.29, 0.717) is 19.4 Å². The van der Waals surface area contributed by atoms with E-state index in [1.54, 1.807) is 13.0 Å². The predicted octanol–water partition coefficient (Wildman–Crippen LogP) is 2.08. The lowest BCUT2D eigenvalue weighted by Gasteiger charge is -2.23. The molecule has 0 aliphatic rings. The van der Waals surface area contributed by atoms with Crippen LogP contribution in [0.25, 0.3) is 0 Å². The van der Waals surface area contributed by atoms with Crippen LogP contribution < -0.4 is 0 Å². The van der Waals surface area contributed by atoms with Crippen LogP contribution in [0.3, 0.4) is 0 Å². The van der Waals surface area contributed by atoms with Gasteiger partial charge in [-0.2, -0.15) is 0 Å². The Morgan fingerprint density at radius 1 is 1.21 bits per heavy atom. The zero-order chi connectivity index (χ0) is 14.7. The highest BCUT2D eigenvalue weighted by atomic mass is 31.1. The third-order valence-corrected chi connectivity index (χ3v) is 3.64. The predicted molar refractivity (Wildman–Crippen MR) is 77.7 cm³/mol. The van der Waals surface area contributed by atoms with Crippen molar-refractivity contribution in [2.75, 3.05) is 47.1 Å². The zero-order valence-corrected chi connectivity index (χ0v) is 13.5. The van der Waals surface area contributed by atoms with E-state index in [1.807, 2.05) is 0 Å². The molecule has 0 bridgehead atoms. The lowest BCUT2D eigenvalue weighted by Crippen LogP contribution is -2.37. The molecule has 0 aliphatic heterocycles. The molecule has 0 N–H and O–H groups in total. The highest BCUT2D eigenvalue weighted by Crippen LogP contribution is 2.23. The highest BCUT2D eigenvalue weighted by Gasteiger charge is 2.08. The summed E-state index contributed by atoms with van der Waals surface area (Å²) in [4.78, 5) is 11.0. The summed E-state index contributed by atoms with van der Waals surface area (Å²) < 4.78 is 22.6. The van der Waals surface area contributed by atoms with Gasteiger partial charge in [0, 0.05) is 12.2 Å². The minimum absolute atomic E-state index is 0.325. The number of rotatable bonds is 10. The van der Waals surface area contributed by atoms with E-state index in [2.05, 4.69) is 21.1 Å². The molecule has 0 spiro atoms. The monoisotopic (exact) mass is 292 g/mol. The zero-order valence-electron chi connectivity index (χ0n) is 12.5. The molecule has 0 aromatic carbocycles. The van der Waals surface area contributed by atoms with Crippen LogP contribution in [0.1, 0.15) is 19.8 Å². The number of allylic oxidation sites excluding steroid dienone is 1. The number of esters is 1. The van der Waals surface area contributed by atoms with Gasteiger partial charge in [0.25, 0.3) is 0 Å². The van der Waals surface area contributed by atoms with Crippen molar-refractivity contribution < 1.29 is 23.1 Å². The molecule has 0 radical (unpaired) electrons. The Morgan fingerprint density at radius 2 is 1.89 bits per heavy atom. The number of nitrogens with zero attached hydrogens (tertiary/aromatic N) is 1. The van der Waals surface area contributed by atoms with Crippen LogP contribution >= 0.6 is 8.03 Å². The first-order valence-electron chi connectivity index (χ1n) is 6.60. The summed E-state index contributed by atoms with van der Waals surface area (Å²) in [5.41, 5.74) is 0. The number of carbonyl (C=O) groups excluding carboxylic acids is 1. The summed E-state index contributed by atoms with van der Waals surface area (Å²) in [5.74, 6) is -0.325. The number of hydrogen-bond donors (Lipinski definition) is 0. The Bertz CT molecular complexity index is 310. The summed E-state index contributed by atoms with van der Waals surface area (Å²) in [6, 6.07) is 0. The van der Waals surface area contributed by atoms with Crippen molar-refractivity contribution in [1.29, 1.82) is 0 Å². The van der Waals surface area contributed by atoms with Gasteiger partial charge in [0.05, 0.1) is 27.7 Å². The quantitative estimate of drug-likeness (QED) is 0.203. The molecule has 0 fully saturated rings. The molecule has 19 heavy (non-hydrogen) atoms. The molecule has 1 unspecified atom stereocenters. The molecule has 6 heteroatoms. The van der Waals surface area contributed by atoms with Gasteiger partial charge in [0.2, 0.25) is 0 Å². The van der Waals surface area contributed by atoms with Crippen molar-refractivity contribution in [1.82, 2.24) is 0 Å². The van der Waals surface area contributed by atoms with E-state index >= 15 is 0 Å². The second-order valence-corrected chi connectivity index (χ2v) is 6.89. The minimum atomic E-state index is -1.94. The van der Waals surface area contributed by atoms with E-state index in [1.165, 1.54) is 6.08 Å². The molecule has 5 nitrogen and oxygen atoms in total. The number of unbranched alkanes of at least 4 members (excludes halogenated alkanes) is 1. The van der Waals surface area contributed by atoms with Crippen LogP contribution in [0.15, 0.2) is 12.2 Å². The van der Waals surface area contributed by atoms with Gasteiger partial charge in [0.15, 0.2) is 8.03 Å². The molecule has 0 amide bonds. The summed E-state index contributed by atoms with van der Waals surface area (Å²) in [6.45, 7) is 3.51. The first-order chi connectivity index (χ1) is 8.85. The lowest BCUT2D eigenvalue weighted by molar-refractivity contribution is -0.870. The average Bonchev–Trinajstić information content (AvgIpc) is 2.27. The number of likely N-dealkylation sites (N-methyl/N-ethyl adjacent to an activating group) is 1. The second kappa shape index (κ2) is 10.2. The van der Waals surface area contributed by atoms with Gasteiger partial charge in [0.1, 0.15) is 13.2 Å². The number of hydrogen-bond acceptors (Lipinski definition) is 4. The first-order valence-corrected chi connectivity index (χ1v) is 8.13. The highest BCUT2D eigenvalue weighted by molar-refractivity contribution is 7.39. The molecule has 0 aliphatic carbocycles. The molecule has 0 aromatic rings. The van der Waals surface area contributed by atoms with Crippen LogP contribution in [0.4, 0.5) is 0 Å². The number of quaternary nitrogens is 1. The van der Waals surface area contributed by atoms with Crippen molar-refractivity contribution in [2.45, 2.75) is 19.8 Å². The molecule has 1 atom stereocenters. The van der Waals surface area contributed by atoms with E-state index in [0.717, 1.165) is 23.9 Å². The first kappa shape index (κ1) is 18.4. The van der Waals surface area contributed by atoms with E-state index < -0.39 is 8.03 Å². The largest absolute Gasteiger partial charge is 0.463 e. The van der Waals surface area contributed by atoms with Crippen molar-refractivity contribution >= 4 is 14.0 Å². The summed E-state index contributed by atoms with van der Waals surface area (Å²) in [5, 5.41) is 0. The van der Waals surface area contributed by atoms with Gasteiger partial charge in [-0.25, -0.2) is 4.79 Å². The van der Waals surface area contributed by atoms with E-state index in [9.17, 15) is 9.36 Å². The van der Waals surface area contributed by atoms with Gasteiger partial charge in [-0.15, -0.1) is 0 Å². The number of ether oxygens (including phenoxy) is 1. The molecule has 112 valence electrons. The normalized spacial score (nSPS) is 13.7. The van der Waals surface area contributed by atoms with Crippen LogP contribution in [-0.4, -0.2) is 57.5 Å². The third kappa shape index (κ3) is 13.6. The molecule has 0 heterocycles. The molecule has 0 rings (SSSR count). The van der Waals surface area contributed by atoms with Gasteiger partial charge < -0.3 is 13.7 Å². The molecule has 0 saturated heterocycles. The molecule has 0 saturated carbocycles. The van der Waals surface area contributed by atoms with E-state index in [-0.39, 0.29) is 5.97 Å². The minimum Gasteiger partial charge on any atom is -0.463 e. The topological polar surface area (TPSA) is 52.6 Å². The fourth-order valence-corrected chi connectivity index (χ4v) is 2.24. The van der Waals surface area contributed by atoms with Crippen LogP contribution in [0, 0.1) is 0 Å². The lowest BCUT2D eigenvalue weighted by atomic mass is 10.4. The van der Waals surface area contributed by atoms with Crippen molar-refractivity contribution in [3.63, 3.8) is 0 Å². The Balaban J connectivity index is 3.46. The Morgan fingerprint density at radius 3 is 2.47 bits per heavy atom. The molecular formula is C13H27NO4P+.